The fourth-order valence-corrected chi connectivity index (χ4v) is 2.46. The van der Waals surface area contributed by atoms with Gasteiger partial charge in [0.05, 0.1) is 0 Å². The molecule has 0 amide bonds. The van der Waals surface area contributed by atoms with Gasteiger partial charge in [-0.3, -0.25) is 0 Å². The standard InChI is InChI=1S/C13H26N2/c1-11(2)8-14-13-4-3-7-15(10-13)9-12-5-6-12/h11-14H,3-10H2,1-2H3. The van der Waals surface area contributed by atoms with Gasteiger partial charge in [-0.25, -0.2) is 0 Å². The number of hydrogen-bond donors (Lipinski definition) is 1. The van der Waals surface area contributed by atoms with E-state index in [4.69, 9.17) is 0 Å². The van der Waals surface area contributed by atoms with Crippen LogP contribution in [0.2, 0.25) is 0 Å². The van der Waals surface area contributed by atoms with Crippen molar-refractivity contribution in [1.29, 1.82) is 0 Å². The Morgan fingerprint density at radius 2 is 2.07 bits per heavy atom. The zero-order valence-electron chi connectivity index (χ0n) is 10.3. The number of hydrogen-bond acceptors (Lipinski definition) is 2. The third kappa shape index (κ3) is 4.12. The van der Waals surface area contributed by atoms with Gasteiger partial charge in [0.25, 0.3) is 0 Å². The Kier molecular flexibility index (Phi) is 4.04. The topological polar surface area (TPSA) is 15.3 Å². The fraction of sp³-hybridized carbons (Fsp3) is 1.00. The van der Waals surface area contributed by atoms with Crippen LogP contribution in [0.15, 0.2) is 0 Å². The molecule has 1 aliphatic carbocycles. The second kappa shape index (κ2) is 5.31. The summed E-state index contributed by atoms with van der Waals surface area (Å²) in [5.74, 6) is 1.83. The normalized spacial score (nSPS) is 28.6. The van der Waals surface area contributed by atoms with E-state index in [0.29, 0.717) is 0 Å². The molecule has 0 aromatic rings. The molecule has 1 heterocycles. The van der Waals surface area contributed by atoms with Crippen LogP contribution in [0.4, 0.5) is 0 Å². The number of piperidine rings is 1. The van der Waals surface area contributed by atoms with E-state index in [9.17, 15) is 0 Å². The maximum absolute atomic E-state index is 3.70. The van der Waals surface area contributed by atoms with Gasteiger partial charge in [-0.15, -0.1) is 0 Å². The molecule has 15 heavy (non-hydrogen) atoms. The van der Waals surface area contributed by atoms with E-state index in [1.165, 1.54) is 51.9 Å². The minimum atomic E-state index is 0.764. The number of likely N-dealkylation sites (tertiary alicyclic amines) is 1. The van der Waals surface area contributed by atoms with Crippen molar-refractivity contribution in [2.24, 2.45) is 11.8 Å². The predicted molar refractivity (Wildman–Crippen MR) is 65.0 cm³/mol. The fourth-order valence-electron chi connectivity index (χ4n) is 2.46. The van der Waals surface area contributed by atoms with Crippen LogP contribution in [0.1, 0.15) is 39.5 Å². The van der Waals surface area contributed by atoms with E-state index in [1.54, 1.807) is 0 Å². The molecule has 88 valence electrons. The zero-order valence-corrected chi connectivity index (χ0v) is 10.3. The first-order chi connectivity index (χ1) is 7.24. The number of nitrogens with one attached hydrogen (secondary N) is 1. The van der Waals surface area contributed by atoms with Crippen LogP contribution in [-0.2, 0) is 0 Å². The molecule has 0 aromatic heterocycles. The lowest BCUT2D eigenvalue weighted by Crippen LogP contribution is -2.47. The lowest BCUT2D eigenvalue weighted by Gasteiger charge is -2.33. The van der Waals surface area contributed by atoms with E-state index in [-0.39, 0.29) is 0 Å². The Bertz CT molecular complexity index is 187. The molecule has 0 radical (unpaired) electrons. The van der Waals surface area contributed by atoms with Crippen LogP contribution in [0, 0.1) is 11.8 Å². The van der Waals surface area contributed by atoms with Crippen LogP contribution in [-0.4, -0.2) is 37.1 Å². The largest absolute Gasteiger partial charge is 0.312 e. The van der Waals surface area contributed by atoms with Gasteiger partial charge in [-0.2, -0.15) is 0 Å². The third-order valence-electron chi connectivity index (χ3n) is 3.53. The van der Waals surface area contributed by atoms with Crippen molar-refractivity contribution < 1.29 is 0 Å². The van der Waals surface area contributed by atoms with Crippen molar-refractivity contribution in [3.8, 4) is 0 Å². The quantitative estimate of drug-likeness (QED) is 0.747. The summed E-state index contributed by atoms with van der Waals surface area (Å²) < 4.78 is 0. The molecule has 2 fully saturated rings. The van der Waals surface area contributed by atoms with Crippen molar-refractivity contribution in [2.45, 2.75) is 45.6 Å². The van der Waals surface area contributed by atoms with E-state index in [1.807, 2.05) is 0 Å². The van der Waals surface area contributed by atoms with E-state index in [0.717, 1.165) is 17.9 Å². The van der Waals surface area contributed by atoms with Gasteiger partial charge < -0.3 is 10.2 Å². The lowest BCUT2D eigenvalue weighted by molar-refractivity contribution is 0.182. The highest BCUT2D eigenvalue weighted by Crippen LogP contribution is 2.30. The molecule has 2 heteroatoms. The van der Waals surface area contributed by atoms with Gasteiger partial charge in [0.1, 0.15) is 0 Å². The molecule has 2 nitrogen and oxygen atoms in total. The minimum absolute atomic E-state index is 0.764. The molecule has 2 aliphatic rings. The summed E-state index contributed by atoms with van der Waals surface area (Å²) in [6.07, 6.45) is 5.75. The molecule has 0 bridgehead atoms. The smallest absolute Gasteiger partial charge is 0.0195 e. The maximum Gasteiger partial charge on any atom is 0.0195 e. The van der Waals surface area contributed by atoms with Crippen molar-refractivity contribution in [3.63, 3.8) is 0 Å². The molecule has 0 spiro atoms. The SMILES string of the molecule is CC(C)CNC1CCCN(CC2CC2)C1. The highest BCUT2D eigenvalue weighted by Gasteiger charge is 2.27. The Hall–Kier alpha value is -0.0800. The van der Waals surface area contributed by atoms with Crippen molar-refractivity contribution in [1.82, 2.24) is 10.2 Å². The summed E-state index contributed by atoms with van der Waals surface area (Å²) in [5.41, 5.74) is 0. The minimum Gasteiger partial charge on any atom is -0.312 e. The van der Waals surface area contributed by atoms with Crippen LogP contribution in [0.5, 0.6) is 0 Å². The number of nitrogens with zero attached hydrogens (tertiary/aromatic N) is 1. The van der Waals surface area contributed by atoms with Gasteiger partial charge in [-0.1, -0.05) is 13.8 Å². The lowest BCUT2D eigenvalue weighted by atomic mass is 10.0. The van der Waals surface area contributed by atoms with Gasteiger partial charge in [0.15, 0.2) is 0 Å². The molecular formula is C13H26N2. The van der Waals surface area contributed by atoms with E-state index < -0.39 is 0 Å². The monoisotopic (exact) mass is 210 g/mol. The molecular weight excluding hydrogens is 184 g/mol. The Morgan fingerprint density at radius 1 is 1.27 bits per heavy atom. The summed E-state index contributed by atoms with van der Waals surface area (Å²) in [6.45, 7) is 9.77. The van der Waals surface area contributed by atoms with Crippen LogP contribution in [0.3, 0.4) is 0 Å². The average Bonchev–Trinajstić information content (AvgIpc) is 2.99. The Balaban J connectivity index is 1.66. The van der Waals surface area contributed by atoms with Crippen LogP contribution >= 0.6 is 0 Å². The number of rotatable bonds is 5. The van der Waals surface area contributed by atoms with E-state index in [2.05, 4.69) is 24.1 Å². The van der Waals surface area contributed by atoms with E-state index >= 15 is 0 Å². The second-order valence-corrected chi connectivity index (χ2v) is 5.84. The molecule has 1 aliphatic heterocycles. The Labute approximate surface area is 94.4 Å². The first-order valence-corrected chi connectivity index (χ1v) is 6.70. The summed E-state index contributed by atoms with van der Waals surface area (Å²) in [6, 6.07) is 0.764. The summed E-state index contributed by atoms with van der Waals surface area (Å²) in [7, 11) is 0. The van der Waals surface area contributed by atoms with Crippen molar-refractivity contribution >= 4 is 0 Å². The summed E-state index contributed by atoms with van der Waals surface area (Å²) in [5, 5.41) is 3.70. The van der Waals surface area contributed by atoms with Gasteiger partial charge >= 0.3 is 0 Å². The molecule has 1 unspecified atom stereocenters. The molecule has 0 aromatic carbocycles. The van der Waals surface area contributed by atoms with Crippen molar-refractivity contribution in [2.75, 3.05) is 26.2 Å². The maximum atomic E-state index is 3.70. The first-order valence-electron chi connectivity index (χ1n) is 6.70. The molecule has 1 atom stereocenters. The Morgan fingerprint density at radius 3 is 2.73 bits per heavy atom. The van der Waals surface area contributed by atoms with Crippen LogP contribution < -0.4 is 5.32 Å². The predicted octanol–water partition coefficient (Wildman–Crippen LogP) is 2.11. The van der Waals surface area contributed by atoms with Crippen molar-refractivity contribution in [3.05, 3.63) is 0 Å². The molecule has 1 saturated carbocycles. The van der Waals surface area contributed by atoms with Crippen LogP contribution in [0.25, 0.3) is 0 Å². The first kappa shape index (κ1) is 11.4. The molecule has 1 N–H and O–H groups in total. The highest BCUT2D eigenvalue weighted by molar-refractivity contribution is 4.83. The summed E-state index contributed by atoms with van der Waals surface area (Å²) >= 11 is 0. The zero-order chi connectivity index (χ0) is 10.7. The van der Waals surface area contributed by atoms with Gasteiger partial charge in [0.2, 0.25) is 0 Å². The molecule has 2 rings (SSSR count). The average molecular weight is 210 g/mol. The summed E-state index contributed by atoms with van der Waals surface area (Å²) in [4.78, 5) is 2.68. The van der Waals surface area contributed by atoms with Gasteiger partial charge in [-0.05, 0) is 50.6 Å². The second-order valence-electron chi connectivity index (χ2n) is 5.84. The molecule has 1 saturated heterocycles. The third-order valence-corrected chi connectivity index (χ3v) is 3.53. The highest BCUT2D eigenvalue weighted by atomic mass is 15.2. The van der Waals surface area contributed by atoms with Gasteiger partial charge in [0, 0.05) is 19.1 Å².